The van der Waals surface area contributed by atoms with E-state index >= 15 is 0 Å². The molecule has 0 fully saturated rings. The van der Waals surface area contributed by atoms with Crippen molar-refractivity contribution < 1.29 is 9.53 Å². The van der Waals surface area contributed by atoms with Gasteiger partial charge in [0.25, 0.3) is 0 Å². The lowest BCUT2D eigenvalue weighted by atomic mass is 10.1. The lowest BCUT2D eigenvalue weighted by Gasteiger charge is -2.19. The summed E-state index contributed by atoms with van der Waals surface area (Å²) in [4.78, 5) is 11.5. The van der Waals surface area contributed by atoms with E-state index in [-0.39, 0.29) is 0 Å². The second kappa shape index (κ2) is 6.51. The van der Waals surface area contributed by atoms with Crippen LogP contribution in [0.5, 0.6) is 0 Å². The van der Waals surface area contributed by atoms with Gasteiger partial charge in [0.15, 0.2) is 5.82 Å². The summed E-state index contributed by atoms with van der Waals surface area (Å²) in [6, 6.07) is 5.90. The van der Waals surface area contributed by atoms with E-state index in [0.717, 1.165) is 22.9 Å². The minimum atomic E-state index is -0.471. The van der Waals surface area contributed by atoms with Gasteiger partial charge in [0.2, 0.25) is 0 Å². The SMILES string of the molecule is CC(C)(C)OC(=O)NCCC=Cc1ccc2c(N)n[nH]c2c1. The Labute approximate surface area is 129 Å². The van der Waals surface area contributed by atoms with Gasteiger partial charge in [-0.15, -0.1) is 0 Å². The van der Waals surface area contributed by atoms with Gasteiger partial charge in [-0.25, -0.2) is 4.79 Å². The Hall–Kier alpha value is -2.50. The van der Waals surface area contributed by atoms with Crippen molar-refractivity contribution in [2.75, 3.05) is 12.3 Å². The Bertz CT molecular complexity index is 683. The highest BCUT2D eigenvalue weighted by atomic mass is 16.6. The molecule has 6 nitrogen and oxygen atoms in total. The fourth-order valence-corrected chi connectivity index (χ4v) is 1.95. The fraction of sp³-hybridized carbons (Fsp3) is 0.375. The second-order valence-electron chi connectivity index (χ2n) is 6.03. The number of amides is 1. The largest absolute Gasteiger partial charge is 0.444 e. The van der Waals surface area contributed by atoms with Crippen LogP contribution in [-0.4, -0.2) is 28.4 Å². The number of hydrogen-bond donors (Lipinski definition) is 3. The van der Waals surface area contributed by atoms with Crippen LogP contribution in [0.3, 0.4) is 0 Å². The predicted molar refractivity (Wildman–Crippen MR) is 88.4 cm³/mol. The topological polar surface area (TPSA) is 93.0 Å². The van der Waals surface area contributed by atoms with Crippen LogP contribution in [0, 0.1) is 0 Å². The van der Waals surface area contributed by atoms with Gasteiger partial charge in [-0.2, -0.15) is 5.10 Å². The maximum Gasteiger partial charge on any atom is 0.407 e. The molecule has 0 aliphatic rings. The molecular formula is C16H22N4O2. The Morgan fingerprint density at radius 1 is 1.45 bits per heavy atom. The Morgan fingerprint density at radius 3 is 2.95 bits per heavy atom. The summed E-state index contributed by atoms with van der Waals surface area (Å²) in [6.07, 6.45) is 4.32. The number of anilines is 1. The Morgan fingerprint density at radius 2 is 2.23 bits per heavy atom. The quantitative estimate of drug-likeness (QED) is 0.757. The maximum atomic E-state index is 11.5. The number of nitrogens with two attached hydrogens (primary N) is 1. The van der Waals surface area contributed by atoms with Crippen molar-refractivity contribution in [3.8, 4) is 0 Å². The Balaban J connectivity index is 1.80. The molecule has 6 heteroatoms. The molecule has 0 aliphatic carbocycles. The van der Waals surface area contributed by atoms with E-state index in [0.29, 0.717) is 12.4 Å². The molecule has 0 saturated carbocycles. The first-order valence-corrected chi connectivity index (χ1v) is 7.22. The highest BCUT2D eigenvalue weighted by molar-refractivity contribution is 5.89. The van der Waals surface area contributed by atoms with Gasteiger partial charge in [0, 0.05) is 11.9 Å². The van der Waals surface area contributed by atoms with Crippen molar-refractivity contribution in [1.29, 1.82) is 0 Å². The molecule has 4 N–H and O–H groups in total. The molecule has 1 aromatic heterocycles. The van der Waals surface area contributed by atoms with Gasteiger partial charge >= 0.3 is 6.09 Å². The second-order valence-corrected chi connectivity index (χ2v) is 6.03. The summed E-state index contributed by atoms with van der Waals surface area (Å²) in [6.45, 7) is 6.05. The molecule has 0 radical (unpaired) electrons. The molecule has 0 bridgehead atoms. The van der Waals surface area contributed by atoms with Crippen LogP contribution in [0.25, 0.3) is 17.0 Å². The number of alkyl carbamates (subject to hydrolysis) is 1. The average Bonchev–Trinajstić information content (AvgIpc) is 2.77. The molecule has 2 aromatic rings. The minimum absolute atomic E-state index is 0.393. The number of carbonyl (C=O) groups is 1. The number of nitrogens with zero attached hydrogens (tertiary/aromatic N) is 1. The molecule has 0 saturated heterocycles. The maximum absolute atomic E-state index is 11.5. The fourth-order valence-electron chi connectivity index (χ4n) is 1.95. The van der Waals surface area contributed by atoms with Crippen LogP contribution in [0.1, 0.15) is 32.8 Å². The number of nitrogen functional groups attached to an aromatic ring is 1. The molecular weight excluding hydrogens is 280 g/mol. The third kappa shape index (κ3) is 4.51. The molecule has 0 atom stereocenters. The van der Waals surface area contributed by atoms with Gasteiger partial charge in [-0.3, -0.25) is 5.10 Å². The number of aromatic nitrogens is 2. The highest BCUT2D eigenvalue weighted by Crippen LogP contribution is 2.19. The number of H-pyrrole nitrogens is 1. The van der Waals surface area contributed by atoms with Gasteiger partial charge < -0.3 is 15.8 Å². The van der Waals surface area contributed by atoms with E-state index < -0.39 is 11.7 Å². The van der Waals surface area contributed by atoms with Crippen molar-refractivity contribution >= 4 is 28.9 Å². The summed E-state index contributed by atoms with van der Waals surface area (Å²) in [7, 11) is 0. The zero-order chi connectivity index (χ0) is 16.2. The molecule has 118 valence electrons. The van der Waals surface area contributed by atoms with E-state index in [1.807, 2.05) is 51.1 Å². The van der Waals surface area contributed by atoms with Crippen molar-refractivity contribution in [2.24, 2.45) is 0 Å². The zero-order valence-electron chi connectivity index (χ0n) is 13.1. The van der Waals surface area contributed by atoms with Crippen LogP contribution in [0.4, 0.5) is 10.6 Å². The minimum Gasteiger partial charge on any atom is -0.444 e. The summed E-state index contributed by atoms with van der Waals surface area (Å²) in [5, 5.41) is 10.5. The van der Waals surface area contributed by atoms with Crippen LogP contribution < -0.4 is 11.1 Å². The zero-order valence-corrected chi connectivity index (χ0v) is 13.1. The first-order chi connectivity index (χ1) is 10.3. The summed E-state index contributed by atoms with van der Waals surface area (Å²) < 4.78 is 5.16. The summed E-state index contributed by atoms with van der Waals surface area (Å²) >= 11 is 0. The van der Waals surface area contributed by atoms with E-state index in [1.165, 1.54) is 0 Å². The highest BCUT2D eigenvalue weighted by Gasteiger charge is 2.15. The van der Waals surface area contributed by atoms with Crippen LogP contribution in [-0.2, 0) is 4.74 Å². The molecule has 22 heavy (non-hydrogen) atoms. The monoisotopic (exact) mass is 302 g/mol. The van der Waals surface area contributed by atoms with E-state index in [4.69, 9.17) is 10.5 Å². The van der Waals surface area contributed by atoms with Crippen LogP contribution in [0.15, 0.2) is 24.3 Å². The van der Waals surface area contributed by atoms with Crippen molar-refractivity contribution in [3.05, 3.63) is 29.8 Å². The van der Waals surface area contributed by atoms with E-state index in [2.05, 4.69) is 15.5 Å². The molecule has 1 aromatic carbocycles. The number of benzene rings is 1. The molecule has 0 unspecified atom stereocenters. The number of aromatic amines is 1. The van der Waals surface area contributed by atoms with E-state index in [1.54, 1.807) is 0 Å². The summed E-state index contributed by atoms with van der Waals surface area (Å²) in [5.74, 6) is 0.507. The Kier molecular flexibility index (Phi) is 4.70. The average molecular weight is 302 g/mol. The number of fused-ring (bicyclic) bond motifs is 1. The summed E-state index contributed by atoms with van der Waals surface area (Å²) in [5.41, 5.74) is 7.21. The number of rotatable bonds is 4. The molecule has 2 rings (SSSR count). The van der Waals surface area contributed by atoms with Gasteiger partial charge in [-0.1, -0.05) is 18.2 Å². The van der Waals surface area contributed by atoms with Gasteiger partial charge in [0.1, 0.15) is 5.60 Å². The third-order valence-electron chi connectivity index (χ3n) is 2.91. The van der Waals surface area contributed by atoms with Crippen molar-refractivity contribution in [1.82, 2.24) is 15.5 Å². The lowest BCUT2D eigenvalue weighted by molar-refractivity contribution is 0.0529. The van der Waals surface area contributed by atoms with Gasteiger partial charge in [0.05, 0.1) is 5.52 Å². The number of carbonyl (C=O) groups excluding carboxylic acids is 1. The molecule has 0 aliphatic heterocycles. The standard InChI is InChI=1S/C16H22N4O2/c1-16(2,3)22-15(21)18-9-5-4-6-11-7-8-12-13(10-11)19-20-14(12)17/h4,6-8,10H,5,9H2,1-3H3,(H,18,21)(H3,17,19,20). The smallest absolute Gasteiger partial charge is 0.407 e. The number of ether oxygens (including phenoxy) is 1. The predicted octanol–water partition coefficient (Wildman–Crippen LogP) is 3.07. The number of nitrogens with one attached hydrogen (secondary N) is 2. The lowest BCUT2D eigenvalue weighted by Crippen LogP contribution is -2.32. The van der Waals surface area contributed by atoms with Crippen molar-refractivity contribution in [2.45, 2.75) is 32.8 Å². The van der Waals surface area contributed by atoms with Crippen LogP contribution in [0.2, 0.25) is 0 Å². The normalized spacial score (nSPS) is 12.0. The first kappa shape index (κ1) is 15.9. The molecule has 0 spiro atoms. The van der Waals surface area contributed by atoms with Crippen LogP contribution >= 0.6 is 0 Å². The first-order valence-electron chi connectivity index (χ1n) is 7.22. The van der Waals surface area contributed by atoms with Crippen molar-refractivity contribution in [3.63, 3.8) is 0 Å². The molecule has 1 heterocycles. The van der Waals surface area contributed by atoms with E-state index in [9.17, 15) is 4.79 Å². The third-order valence-corrected chi connectivity index (χ3v) is 2.91. The molecule has 1 amide bonds. The van der Waals surface area contributed by atoms with Gasteiger partial charge in [-0.05, 0) is 44.9 Å². The number of hydrogen-bond acceptors (Lipinski definition) is 4.